The number of unbranched alkanes of at least 4 members (excludes halogenated alkanes) is 2. The largest absolute Gasteiger partial charge is 0.488 e. The van der Waals surface area contributed by atoms with Gasteiger partial charge >= 0.3 is 0 Å². The van der Waals surface area contributed by atoms with E-state index < -0.39 is 27.0 Å². The van der Waals surface area contributed by atoms with E-state index in [4.69, 9.17) is 4.74 Å². The van der Waals surface area contributed by atoms with Crippen LogP contribution in [0.1, 0.15) is 64.4 Å². The zero-order valence-electron chi connectivity index (χ0n) is 18.4. The zero-order valence-corrected chi connectivity index (χ0v) is 19.3. The molecule has 8 nitrogen and oxygen atoms in total. The molecule has 2 amide bonds. The lowest BCUT2D eigenvalue weighted by atomic mass is 10.00. The summed E-state index contributed by atoms with van der Waals surface area (Å²) in [5.74, 6) is -1.45. The molecule has 1 heterocycles. The van der Waals surface area contributed by atoms with Crippen molar-refractivity contribution in [3.63, 3.8) is 0 Å². The number of nitrogens with one attached hydrogen (secondary N) is 2. The molecule has 3 N–H and O–H groups in total. The van der Waals surface area contributed by atoms with Crippen LogP contribution in [-0.2, 0) is 25.2 Å². The van der Waals surface area contributed by atoms with E-state index in [0.717, 1.165) is 0 Å². The first-order valence-corrected chi connectivity index (χ1v) is 12.5. The molecule has 1 saturated heterocycles. The van der Waals surface area contributed by atoms with Crippen LogP contribution >= 0.6 is 0 Å². The zero-order chi connectivity index (χ0) is 23.6. The first-order valence-electron chi connectivity index (χ1n) is 10.9. The van der Waals surface area contributed by atoms with Gasteiger partial charge in [0.25, 0.3) is 0 Å². The highest BCUT2D eigenvalue weighted by Crippen LogP contribution is 2.47. The van der Waals surface area contributed by atoms with Gasteiger partial charge in [-0.2, -0.15) is 0 Å². The molecular formula is C22H31FN2O6S. The second-order valence-electron chi connectivity index (χ2n) is 9.41. The van der Waals surface area contributed by atoms with Crippen molar-refractivity contribution in [2.75, 3.05) is 12.4 Å². The first kappa shape index (κ1) is 24.6. The third-order valence-corrected chi connectivity index (χ3v) is 7.22. The molecule has 32 heavy (non-hydrogen) atoms. The molecule has 0 spiro atoms. The normalized spacial score (nSPS) is 20.3. The Hall–Kier alpha value is -2.04. The van der Waals surface area contributed by atoms with Crippen LogP contribution < -0.4 is 14.8 Å². The van der Waals surface area contributed by atoms with Crippen molar-refractivity contribution in [1.82, 2.24) is 10.0 Å². The average Bonchev–Trinajstić information content (AvgIpc) is 3.37. The number of rotatable bonds is 12. The Morgan fingerprint density at radius 1 is 1.25 bits per heavy atom. The quantitative estimate of drug-likeness (QED) is 0.318. The van der Waals surface area contributed by atoms with Crippen LogP contribution in [0.15, 0.2) is 18.2 Å². The average molecular weight is 471 g/mol. The van der Waals surface area contributed by atoms with Gasteiger partial charge in [0.15, 0.2) is 11.6 Å². The number of carbonyl (C=O) groups is 2. The maximum absolute atomic E-state index is 14.1. The molecule has 0 radical (unpaired) electrons. The van der Waals surface area contributed by atoms with Crippen LogP contribution in [-0.4, -0.2) is 43.3 Å². The molecule has 1 saturated carbocycles. The molecule has 2 fully saturated rings. The van der Waals surface area contributed by atoms with Crippen LogP contribution in [0.5, 0.6) is 5.75 Å². The molecule has 1 aromatic carbocycles. The number of benzene rings is 1. The van der Waals surface area contributed by atoms with E-state index >= 15 is 0 Å². The van der Waals surface area contributed by atoms with E-state index in [1.807, 2.05) is 0 Å². The Bertz CT molecular complexity index is 969. The second kappa shape index (κ2) is 9.44. The number of amides is 2. The SMILES string of the molecule is CC(C)(O)COc1cc(C2(NS(=O)(=O)CCCCCC3CC(=O)NC3=O)CC2)ccc1F. The Kier molecular flexibility index (Phi) is 7.26. The number of hydrogen-bond donors (Lipinski definition) is 3. The highest BCUT2D eigenvalue weighted by Gasteiger charge is 2.47. The monoisotopic (exact) mass is 470 g/mol. The van der Waals surface area contributed by atoms with Crippen molar-refractivity contribution >= 4 is 21.8 Å². The highest BCUT2D eigenvalue weighted by atomic mass is 32.2. The molecule has 0 aromatic heterocycles. The van der Waals surface area contributed by atoms with Gasteiger partial charge in [-0.3, -0.25) is 14.9 Å². The summed E-state index contributed by atoms with van der Waals surface area (Å²) < 4.78 is 47.5. The number of hydrogen-bond acceptors (Lipinski definition) is 6. The molecule has 1 atom stereocenters. The maximum Gasteiger partial charge on any atom is 0.230 e. The number of sulfonamides is 1. The number of halogens is 1. The lowest BCUT2D eigenvalue weighted by Gasteiger charge is -2.21. The third kappa shape index (κ3) is 6.73. The Morgan fingerprint density at radius 2 is 1.97 bits per heavy atom. The lowest BCUT2D eigenvalue weighted by Crippen LogP contribution is -2.36. The van der Waals surface area contributed by atoms with Gasteiger partial charge < -0.3 is 9.84 Å². The summed E-state index contributed by atoms with van der Waals surface area (Å²) in [7, 11) is -3.56. The van der Waals surface area contributed by atoms with Crippen LogP contribution in [0.4, 0.5) is 4.39 Å². The molecule has 1 aliphatic carbocycles. The van der Waals surface area contributed by atoms with Crippen molar-refractivity contribution < 1.29 is 32.2 Å². The van der Waals surface area contributed by atoms with Crippen LogP contribution in [0.2, 0.25) is 0 Å². The molecule has 1 aliphatic heterocycles. The summed E-state index contributed by atoms with van der Waals surface area (Å²) in [6, 6.07) is 4.29. The smallest absolute Gasteiger partial charge is 0.230 e. The van der Waals surface area contributed by atoms with E-state index in [0.29, 0.717) is 44.1 Å². The van der Waals surface area contributed by atoms with Gasteiger partial charge in [0.05, 0.1) is 16.9 Å². The standard InChI is InChI=1S/C22H31FN2O6S/c1-21(2,28)14-31-18-13-16(7-8-17(18)23)22(9-10-22)25-32(29,30)11-5-3-4-6-15-12-19(26)24-20(15)27/h7-8,13,15,25,28H,3-6,9-12,14H2,1-2H3,(H,24,26,27). The van der Waals surface area contributed by atoms with Crippen molar-refractivity contribution in [1.29, 1.82) is 0 Å². The summed E-state index contributed by atoms with van der Waals surface area (Å²) >= 11 is 0. The van der Waals surface area contributed by atoms with Crippen molar-refractivity contribution in [3.8, 4) is 5.75 Å². The Balaban J connectivity index is 1.51. The van der Waals surface area contributed by atoms with E-state index in [-0.39, 0.29) is 42.3 Å². The maximum atomic E-state index is 14.1. The molecule has 0 bridgehead atoms. The third-order valence-electron chi connectivity index (χ3n) is 5.70. The lowest BCUT2D eigenvalue weighted by molar-refractivity contribution is -0.125. The number of imide groups is 1. The Labute approximate surface area is 188 Å². The van der Waals surface area contributed by atoms with Gasteiger partial charge in [-0.1, -0.05) is 18.9 Å². The predicted octanol–water partition coefficient (Wildman–Crippen LogP) is 2.11. The number of carbonyl (C=O) groups excluding carboxylic acids is 2. The second-order valence-corrected chi connectivity index (χ2v) is 11.3. The highest BCUT2D eigenvalue weighted by molar-refractivity contribution is 7.89. The first-order chi connectivity index (χ1) is 14.9. The summed E-state index contributed by atoms with van der Waals surface area (Å²) in [5, 5.41) is 12.1. The summed E-state index contributed by atoms with van der Waals surface area (Å²) in [6.07, 6.45) is 3.74. The minimum atomic E-state index is -3.56. The van der Waals surface area contributed by atoms with Crippen LogP contribution in [0.25, 0.3) is 0 Å². The van der Waals surface area contributed by atoms with Crippen LogP contribution in [0.3, 0.4) is 0 Å². The van der Waals surface area contributed by atoms with Crippen LogP contribution in [0, 0.1) is 11.7 Å². The summed E-state index contributed by atoms with van der Waals surface area (Å²) in [4.78, 5) is 22.8. The van der Waals surface area contributed by atoms with Gasteiger partial charge in [0.1, 0.15) is 6.61 Å². The van der Waals surface area contributed by atoms with E-state index in [1.54, 1.807) is 19.9 Å². The summed E-state index contributed by atoms with van der Waals surface area (Å²) in [5.41, 5.74) is -1.26. The van der Waals surface area contributed by atoms with Crippen molar-refractivity contribution in [3.05, 3.63) is 29.6 Å². The van der Waals surface area contributed by atoms with E-state index in [9.17, 15) is 27.5 Å². The molecule has 10 heteroatoms. The number of aliphatic hydroxyl groups is 1. The van der Waals surface area contributed by atoms with Crippen molar-refractivity contribution in [2.45, 2.75) is 69.9 Å². The molecular weight excluding hydrogens is 439 g/mol. The fourth-order valence-electron chi connectivity index (χ4n) is 3.79. The van der Waals surface area contributed by atoms with Gasteiger partial charge in [-0.05, 0) is 57.2 Å². The van der Waals surface area contributed by atoms with E-state index in [1.165, 1.54) is 12.1 Å². The molecule has 3 rings (SSSR count). The molecule has 2 aliphatic rings. The van der Waals surface area contributed by atoms with Gasteiger partial charge in [0, 0.05) is 12.3 Å². The van der Waals surface area contributed by atoms with Gasteiger partial charge in [-0.15, -0.1) is 0 Å². The van der Waals surface area contributed by atoms with Gasteiger partial charge in [-0.25, -0.2) is 17.5 Å². The molecule has 1 unspecified atom stereocenters. The summed E-state index contributed by atoms with van der Waals surface area (Å²) in [6.45, 7) is 3.00. The minimum Gasteiger partial charge on any atom is -0.488 e. The topological polar surface area (TPSA) is 122 Å². The Morgan fingerprint density at radius 3 is 2.56 bits per heavy atom. The fourth-order valence-corrected chi connectivity index (χ4v) is 5.39. The molecule has 178 valence electrons. The predicted molar refractivity (Wildman–Crippen MR) is 116 cm³/mol. The fraction of sp³-hybridized carbons (Fsp3) is 0.636. The molecule has 1 aromatic rings. The van der Waals surface area contributed by atoms with Crippen molar-refractivity contribution in [2.24, 2.45) is 5.92 Å². The van der Waals surface area contributed by atoms with E-state index in [2.05, 4.69) is 10.0 Å². The minimum absolute atomic E-state index is 0.0236. The van der Waals surface area contributed by atoms with Gasteiger partial charge in [0.2, 0.25) is 21.8 Å². The number of ether oxygens (including phenoxy) is 1.